The summed E-state index contributed by atoms with van der Waals surface area (Å²) in [6, 6.07) is 0. The lowest BCUT2D eigenvalue weighted by molar-refractivity contribution is 0.0184. The molecule has 6 nitrogen and oxygen atoms in total. The second-order valence-electron chi connectivity index (χ2n) is 6.74. The van der Waals surface area contributed by atoms with Crippen molar-refractivity contribution in [1.29, 1.82) is 0 Å². The van der Waals surface area contributed by atoms with E-state index in [9.17, 15) is 13.2 Å². The Labute approximate surface area is 128 Å². The molecule has 1 saturated heterocycles. The zero-order valence-electron chi connectivity index (χ0n) is 13.5. The summed E-state index contributed by atoms with van der Waals surface area (Å²) in [5, 5.41) is 3.18. The summed E-state index contributed by atoms with van der Waals surface area (Å²) >= 11 is 0. The summed E-state index contributed by atoms with van der Waals surface area (Å²) in [6.45, 7) is 8.29. The number of piperidine rings is 1. The van der Waals surface area contributed by atoms with Gasteiger partial charge < -0.3 is 15.0 Å². The van der Waals surface area contributed by atoms with Crippen molar-refractivity contribution in [2.24, 2.45) is 5.92 Å². The minimum absolute atomic E-state index is 0.170. The van der Waals surface area contributed by atoms with Crippen LogP contribution in [0.2, 0.25) is 0 Å². The molecule has 0 atom stereocenters. The predicted molar refractivity (Wildman–Crippen MR) is 83.1 cm³/mol. The molecule has 0 saturated carbocycles. The maximum absolute atomic E-state index is 11.9. The van der Waals surface area contributed by atoms with Crippen molar-refractivity contribution in [3.05, 3.63) is 0 Å². The van der Waals surface area contributed by atoms with Gasteiger partial charge in [-0.05, 0) is 46.1 Å². The molecule has 7 heteroatoms. The molecule has 1 fully saturated rings. The van der Waals surface area contributed by atoms with Crippen LogP contribution in [-0.4, -0.2) is 63.2 Å². The molecule has 1 rings (SSSR count). The largest absolute Gasteiger partial charge is 0.444 e. The maximum atomic E-state index is 11.9. The van der Waals surface area contributed by atoms with E-state index in [1.807, 2.05) is 20.8 Å². The fourth-order valence-corrected chi connectivity index (χ4v) is 2.73. The topological polar surface area (TPSA) is 75.7 Å². The van der Waals surface area contributed by atoms with E-state index >= 15 is 0 Å². The Bertz CT molecular complexity index is 434. The molecule has 1 aliphatic rings. The molecule has 0 spiro atoms. The molecule has 0 unspecified atom stereocenters. The zero-order chi connectivity index (χ0) is 16.1. The Morgan fingerprint density at radius 2 is 1.86 bits per heavy atom. The van der Waals surface area contributed by atoms with Gasteiger partial charge in [-0.2, -0.15) is 0 Å². The summed E-state index contributed by atoms with van der Waals surface area (Å²) in [7, 11) is -2.90. The fraction of sp³-hybridized carbons (Fsp3) is 0.929. The molecule has 0 radical (unpaired) electrons. The molecular formula is C14H28N2O4S. The molecule has 0 aliphatic carbocycles. The van der Waals surface area contributed by atoms with Crippen LogP contribution >= 0.6 is 0 Å². The van der Waals surface area contributed by atoms with Gasteiger partial charge in [-0.1, -0.05) is 0 Å². The summed E-state index contributed by atoms with van der Waals surface area (Å²) in [6.07, 6.45) is 2.84. The maximum Gasteiger partial charge on any atom is 0.410 e. The Balaban J connectivity index is 2.22. The third-order valence-electron chi connectivity index (χ3n) is 3.35. The Morgan fingerprint density at radius 3 is 2.33 bits per heavy atom. The molecule has 1 amide bonds. The highest BCUT2D eigenvalue weighted by atomic mass is 32.2. The van der Waals surface area contributed by atoms with Gasteiger partial charge in [0.1, 0.15) is 15.4 Å². The van der Waals surface area contributed by atoms with Crippen molar-refractivity contribution in [2.75, 3.05) is 38.2 Å². The molecule has 1 heterocycles. The third-order valence-corrected chi connectivity index (χ3v) is 4.29. The van der Waals surface area contributed by atoms with Gasteiger partial charge in [-0.25, -0.2) is 13.2 Å². The number of amides is 1. The van der Waals surface area contributed by atoms with E-state index in [1.165, 1.54) is 6.26 Å². The van der Waals surface area contributed by atoms with Crippen LogP contribution < -0.4 is 5.32 Å². The van der Waals surface area contributed by atoms with Gasteiger partial charge in [0, 0.05) is 25.9 Å². The number of carbonyl (C=O) groups is 1. The average molecular weight is 320 g/mol. The number of sulfone groups is 1. The number of nitrogens with one attached hydrogen (secondary N) is 1. The van der Waals surface area contributed by atoms with E-state index in [0.29, 0.717) is 25.6 Å². The van der Waals surface area contributed by atoms with E-state index in [4.69, 9.17) is 4.74 Å². The van der Waals surface area contributed by atoms with Crippen LogP contribution in [0.1, 0.15) is 33.6 Å². The van der Waals surface area contributed by atoms with Gasteiger partial charge in [0.25, 0.3) is 0 Å². The SMILES string of the molecule is CC(C)(C)OC(=O)N1CCC(CNCCS(C)(=O)=O)CC1. The summed E-state index contributed by atoms with van der Waals surface area (Å²) in [5.74, 6) is 0.660. The molecule has 1 N–H and O–H groups in total. The molecule has 124 valence electrons. The number of likely N-dealkylation sites (tertiary alicyclic amines) is 1. The fourth-order valence-electron chi connectivity index (χ4n) is 2.21. The standard InChI is InChI=1S/C14H28N2O4S/c1-14(2,3)20-13(17)16-8-5-12(6-9-16)11-15-7-10-21(4,18)19/h12,15H,5-11H2,1-4H3. The monoisotopic (exact) mass is 320 g/mol. The first-order valence-corrected chi connectivity index (χ1v) is 9.49. The highest BCUT2D eigenvalue weighted by Crippen LogP contribution is 2.19. The van der Waals surface area contributed by atoms with E-state index in [-0.39, 0.29) is 11.8 Å². The van der Waals surface area contributed by atoms with E-state index in [1.54, 1.807) is 4.90 Å². The van der Waals surface area contributed by atoms with Crippen molar-refractivity contribution in [3.63, 3.8) is 0 Å². The van der Waals surface area contributed by atoms with Crippen LogP contribution in [0, 0.1) is 5.92 Å². The van der Waals surface area contributed by atoms with Gasteiger partial charge in [0.2, 0.25) is 0 Å². The van der Waals surface area contributed by atoms with Crippen molar-refractivity contribution in [3.8, 4) is 0 Å². The van der Waals surface area contributed by atoms with Crippen LogP contribution in [0.3, 0.4) is 0 Å². The first-order valence-electron chi connectivity index (χ1n) is 7.43. The average Bonchev–Trinajstić information content (AvgIpc) is 2.32. The number of carbonyl (C=O) groups excluding carboxylic acids is 1. The van der Waals surface area contributed by atoms with Gasteiger partial charge >= 0.3 is 6.09 Å². The molecule has 0 aromatic rings. The number of hydrogen-bond donors (Lipinski definition) is 1. The van der Waals surface area contributed by atoms with Crippen molar-refractivity contribution in [1.82, 2.24) is 10.2 Å². The Kier molecular flexibility index (Phi) is 6.46. The van der Waals surface area contributed by atoms with Gasteiger partial charge in [-0.15, -0.1) is 0 Å². The Hall–Kier alpha value is -0.820. The molecular weight excluding hydrogens is 292 g/mol. The lowest BCUT2D eigenvalue weighted by atomic mass is 9.97. The first kappa shape index (κ1) is 18.2. The zero-order valence-corrected chi connectivity index (χ0v) is 14.3. The molecule has 1 aliphatic heterocycles. The summed E-state index contributed by atoms with van der Waals surface area (Å²) in [5.41, 5.74) is -0.457. The third kappa shape index (κ3) is 8.26. The minimum Gasteiger partial charge on any atom is -0.444 e. The Morgan fingerprint density at radius 1 is 1.29 bits per heavy atom. The highest BCUT2D eigenvalue weighted by molar-refractivity contribution is 7.90. The van der Waals surface area contributed by atoms with Crippen LogP contribution in [0.15, 0.2) is 0 Å². The van der Waals surface area contributed by atoms with Crippen LogP contribution in [-0.2, 0) is 14.6 Å². The van der Waals surface area contributed by atoms with Crippen LogP contribution in [0.5, 0.6) is 0 Å². The lowest BCUT2D eigenvalue weighted by Gasteiger charge is -2.33. The second kappa shape index (κ2) is 7.45. The normalized spacial score (nSPS) is 17.8. The summed E-state index contributed by atoms with van der Waals surface area (Å²) < 4.78 is 27.4. The molecule has 21 heavy (non-hydrogen) atoms. The number of nitrogens with zero attached hydrogens (tertiary/aromatic N) is 1. The highest BCUT2D eigenvalue weighted by Gasteiger charge is 2.26. The molecule has 0 bridgehead atoms. The number of rotatable bonds is 5. The van der Waals surface area contributed by atoms with E-state index in [0.717, 1.165) is 19.4 Å². The first-order chi connectivity index (χ1) is 9.57. The lowest BCUT2D eigenvalue weighted by Crippen LogP contribution is -2.43. The van der Waals surface area contributed by atoms with Gasteiger partial charge in [-0.3, -0.25) is 0 Å². The number of ether oxygens (including phenoxy) is 1. The summed E-state index contributed by atoms with van der Waals surface area (Å²) in [4.78, 5) is 13.7. The van der Waals surface area contributed by atoms with Crippen LogP contribution in [0.25, 0.3) is 0 Å². The van der Waals surface area contributed by atoms with E-state index in [2.05, 4.69) is 5.32 Å². The van der Waals surface area contributed by atoms with E-state index < -0.39 is 15.4 Å². The number of hydrogen-bond acceptors (Lipinski definition) is 5. The van der Waals surface area contributed by atoms with Crippen LogP contribution in [0.4, 0.5) is 4.79 Å². The minimum atomic E-state index is -2.90. The van der Waals surface area contributed by atoms with Crippen molar-refractivity contribution >= 4 is 15.9 Å². The van der Waals surface area contributed by atoms with Gasteiger partial charge in [0.05, 0.1) is 5.75 Å². The molecule has 0 aromatic carbocycles. The smallest absolute Gasteiger partial charge is 0.410 e. The van der Waals surface area contributed by atoms with Crippen molar-refractivity contribution < 1.29 is 17.9 Å². The quantitative estimate of drug-likeness (QED) is 0.772. The molecule has 0 aromatic heterocycles. The second-order valence-corrected chi connectivity index (χ2v) is 9.00. The van der Waals surface area contributed by atoms with Crippen molar-refractivity contribution in [2.45, 2.75) is 39.2 Å². The predicted octanol–water partition coefficient (Wildman–Crippen LogP) is 1.27. The van der Waals surface area contributed by atoms with Gasteiger partial charge in [0.15, 0.2) is 0 Å².